The fourth-order valence-corrected chi connectivity index (χ4v) is 4.73. The van der Waals surface area contributed by atoms with Crippen LogP contribution in [0.1, 0.15) is 18.4 Å². The molecule has 2 aliphatic heterocycles. The fourth-order valence-electron chi connectivity index (χ4n) is 3.15. The highest BCUT2D eigenvalue weighted by atomic mass is 32.2. The van der Waals surface area contributed by atoms with Crippen LogP contribution in [-0.2, 0) is 21.2 Å². The summed E-state index contributed by atoms with van der Waals surface area (Å²) >= 11 is 0. The highest BCUT2D eigenvalue weighted by Gasteiger charge is 2.32. The van der Waals surface area contributed by atoms with Crippen LogP contribution in [0.15, 0.2) is 23.1 Å². The predicted octanol–water partition coefficient (Wildman–Crippen LogP) is 1.70. The van der Waals surface area contributed by atoms with E-state index in [1.165, 1.54) is 0 Å². The topological polar surface area (TPSA) is 58.6 Å². The first kappa shape index (κ1) is 14.8. The predicted molar refractivity (Wildman–Crippen MR) is 82.0 cm³/mol. The van der Waals surface area contributed by atoms with Gasteiger partial charge in [-0.1, -0.05) is 0 Å². The van der Waals surface area contributed by atoms with Crippen LogP contribution in [0.25, 0.3) is 0 Å². The number of ether oxygens (including phenoxy) is 1. The lowest BCUT2D eigenvalue weighted by Crippen LogP contribution is -2.29. The van der Waals surface area contributed by atoms with Crippen molar-refractivity contribution < 1.29 is 13.2 Å². The molecule has 0 radical (unpaired) electrons. The third-order valence-corrected chi connectivity index (χ3v) is 6.16. The number of benzene rings is 1. The second-order valence-corrected chi connectivity index (χ2v) is 7.76. The molecule has 0 aromatic heterocycles. The zero-order valence-corrected chi connectivity index (χ0v) is 13.2. The normalized spacial score (nSPS) is 22.8. The monoisotopic (exact) mass is 310 g/mol. The Balaban J connectivity index is 1.82. The van der Waals surface area contributed by atoms with E-state index >= 15 is 0 Å². The summed E-state index contributed by atoms with van der Waals surface area (Å²) in [5.74, 6) is 0.309. The molecule has 6 heteroatoms. The Bertz CT molecular complexity index is 615. The summed E-state index contributed by atoms with van der Waals surface area (Å²) in [6, 6.07) is 5.45. The second-order valence-electron chi connectivity index (χ2n) is 5.82. The lowest BCUT2D eigenvalue weighted by Gasteiger charge is -2.21. The minimum atomic E-state index is -3.37. The van der Waals surface area contributed by atoms with E-state index in [9.17, 15) is 8.42 Å². The molecule has 1 N–H and O–H groups in total. The molecule has 2 heterocycles. The van der Waals surface area contributed by atoms with Crippen molar-refractivity contribution in [3.05, 3.63) is 23.8 Å². The number of nitrogens with zero attached hydrogens (tertiary/aromatic N) is 1. The van der Waals surface area contributed by atoms with Crippen LogP contribution in [0.5, 0.6) is 0 Å². The van der Waals surface area contributed by atoms with E-state index in [2.05, 4.69) is 5.32 Å². The van der Waals surface area contributed by atoms with Gasteiger partial charge in [-0.05, 0) is 48.9 Å². The molecule has 1 unspecified atom stereocenters. The Morgan fingerprint density at radius 1 is 1.43 bits per heavy atom. The molecule has 0 bridgehead atoms. The quantitative estimate of drug-likeness (QED) is 0.919. The van der Waals surface area contributed by atoms with Crippen molar-refractivity contribution in [3.8, 4) is 0 Å². The summed E-state index contributed by atoms with van der Waals surface area (Å²) in [6.45, 7) is 2.74. The van der Waals surface area contributed by atoms with Crippen molar-refractivity contribution in [1.82, 2.24) is 4.31 Å². The summed E-state index contributed by atoms with van der Waals surface area (Å²) in [4.78, 5) is 0.419. The standard InChI is InChI=1S/C15H22N2O3S/c1-20-11-12-6-8-17(10-12)21(18,19)14-4-5-15-13(9-14)3-2-7-16-15/h4-5,9,12,16H,2-3,6-8,10-11H2,1H3. The molecule has 1 aromatic rings. The largest absolute Gasteiger partial charge is 0.385 e. The number of anilines is 1. The molecular formula is C15H22N2O3S. The fraction of sp³-hybridized carbons (Fsp3) is 0.600. The minimum absolute atomic E-state index is 0.309. The molecule has 0 amide bonds. The van der Waals surface area contributed by atoms with E-state index in [-0.39, 0.29) is 0 Å². The summed E-state index contributed by atoms with van der Waals surface area (Å²) < 4.78 is 32.2. The number of nitrogens with one attached hydrogen (secondary N) is 1. The van der Waals surface area contributed by atoms with Crippen LogP contribution >= 0.6 is 0 Å². The maximum absolute atomic E-state index is 12.7. The van der Waals surface area contributed by atoms with Crippen LogP contribution < -0.4 is 5.32 Å². The van der Waals surface area contributed by atoms with Gasteiger partial charge in [0.2, 0.25) is 10.0 Å². The molecule has 0 spiro atoms. The maximum Gasteiger partial charge on any atom is 0.243 e. The van der Waals surface area contributed by atoms with Gasteiger partial charge in [-0.15, -0.1) is 0 Å². The Kier molecular flexibility index (Phi) is 4.19. The summed E-state index contributed by atoms with van der Waals surface area (Å²) in [5.41, 5.74) is 2.17. The van der Waals surface area contributed by atoms with Crippen molar-refractivity contribution in [1.29, 1.82) is 0 Å². The molecule has 1 atom stereocenters. The van der Waals surface area contributed by atoms with Crippen molar-refractivity contribution in [2.75, 3.05) is 38.7 Å². The van der Waals surface area contributed by atoms with Gasteiger partial charge in [0, 0.05) is 32.4 Å². The molecule has 1 fully saturated rings. The number of sulfonamides is 1. The highest BCUT2D eigenvalue weighted by Crippen LogP contribution is 2.29. The minimum Gasteiger partial charge on any atom is -0.385 e. The molecule has 2 aliphatic rings. The summed E-state index contributed by atoms with van der Waals surface area (Å²) in [7, 11) is -1.71. The van der Waals surface area contributed by atoms with Crippen LogP contribution in [-0.4, -0.2) is 46.1 Å². The number of hydrogen-bond donors (Lipinski definition) is 1. The van der Waals surface area contributed by atoms with Crippen molar-refractivity contribution >= 4 is 15.7 Å². The first-order valence-electron chi connectivity index (χ1n) is 7.47. The van der Waals surface area contributed by atoms with Gasteiger partial charge in [0.05, 0.1) is 11.5 Å². The van der Waals surface area contributed by atoms with Crippen LogP contribution in [0, 0.1) is 5.92 Å². The zero-order valence-electron chi connectivity index (χ0n) is 12.3. The smallest absolute Gasteiger partial charge is 0.243 e. The first-order valence-corrected chi connectivity index (χ1v) is 8.91. The SMILES string of the molecule is COCC1CCN(S(=O)(=O)c2ccc3c(c2)CCCN3)C1. The van der Waals surface area contributed by atoms with Gasteiger partial charge in [0.1, 0.15) is 0 Å². The van der Waals surface area contributed by atoms with Crippen LogP contribution in [0.4, 0.5) is 5.69 Å². The lowest BCUT2D eigenvalue weighted by atomic mass is 10.0. The molecule has 0 saturated carbocycles. The van der Waals surface area contributed by atoms with Gasteiger partial charge in [0.25, 0.3) is 0 Å². The van der Waals surface area contributed by atoms with E-state index in [0.29, 0.717) is 30.5 Å². The Morgan fingerprint density at radius 2 is 2.29 bits per heavy atom. The molecule has 21 heavy (non-hydrogen) atoms. The van der Waals surface area contributed by atoms with Gasteiger partial charge in [0.15, 0.2) is 0 Å². The third kappa shape index (κ3) is 2.93. The number of methoxy groups -OCH3 is 1. The lowest BCUT2D eigenvalue weighted by molar-refractivity contribution is 0.157. The van der Waals surface area contributed by atoms with E-state index in [1.807, 2.05) is 12.1 Å². The van der Waals surface area contributed by atoms with E-state index in [0.717, 1.165) is 37.1 Å². The maximum atomic E-state index is 12.7. The van der Waals surface area contributed by atoms with E-state index in [1.54, 1.807) is 17.5 Å². The Hall–Kier alpha value is -1.11. The van der Waals surface area contributed by atoms with Gasteiger partial charge in [-0.3, -0.25) is 0 Å². The number of rotatable bonds is 4. The Labute approximate surface area is 126 Å². The summed E-state index contributed by atoms with van der Waals surface area (Å²) in [6.07, 6.45) is 2.87. The summed E-state index contributed by atoms with van der Waals surface area (Å²) in [5, 5.41) is 3.31. The van der Waals surface area contributed by atoms with Crippen LogP contribution in [0.3, 0.4) is 0 Å². The zero-order chi connectivity index (χ0) is 14.9. The van der Waals surface area contributed by atoms with Gasteiger partial charge in [-0.2, -0.15) is 4.31 Å². The van der Waals surface area contributed by atoms with Crippen molar-refractivity contribution in [2.24, 2.45) is 5.92 Å². The average Bonchev–Trinajstić information content (AvgIpc) is 2.96. The molecule has 116 valence electrons. The molecule has 0 aliphatic carbocycles. The van der Waals surface area contributed by atoms with Crippen molar-refractivity contribution in [3.63, 3.8) is 0 Å². The average molecular weight is 310 g/mol. The number of aryl methyl sites for hydroxylation is 1. The number of fused-ring (bicyclic) bond motifs is 1. The third-order valence-electron chi connectivity index (χ3n) is 4.30. The van der Waals surface area contributed by atoms with E-state index < -0.39 is 10.0 Å². The molecule has 3 rings (SSSR count). The van der Waals surface area contributed by atoms with Crippen LogP contribution in [0.2, 0.25) is 0 Å². The number of hydrogen-bond acceptors (Lipinski definition) is 4. The van der Waals surface area contributed by atoms with Crippen molar-refractivity contribution in [2.45, 2.75) is 24.2 Å². The van der Waals surface area contributed by atoms with Gasteiger partial charge >= 0.3 is 0 Å². The second kappa shape index (κ2) is 5.94. The van der Waals surface area contributed by atoms with E-state index in [4.69, 9.17) is 4.74 Å². The molecule has 1 aromatic carbocycles. The highest BCUT2D eigenvalue weighted by molar-refractivity contribution is 7.89. The Morgan fingerprint density at radius 3 is 3.10 bits per heavy atom. The van der Waals surface area contributed by atoms with Gasteiger partial charge in [-0.25, -0.2) is 8.42 Å². The first-order chi connectivity index (χ1) is 10.1. The van der Waals surface area contributed by atoms with Gasteiger partial charge < -0.3 is 10.1 Å². The molecule has 5 nitrogen and oxygen atoms in total. The molecular weight excluding hydrogens is 288 g/mol. The molecule has 1 saturated heterocycles.